The number of hydrogen-bond acceptors (Lipinski definition) is 4. The topological polar surface area (TPSA) is 78.2 Å². The van der Waals surface area contributed by atoms with E-state index < -0.39 is 11.7 Å². The highest BCUT2D eigenvalue weighted by Crippen LogP contribution is 2.32. The van der Waals surface area contributed by atoms with E-state index in [2.05, 4.69) is 20.4 Å². The number of rotatable bonds is 2. The molecular formula is C15H8F3N5. The summed E-state index contributed by atoms with van der Waals surface area (Å²) in [5.41, 5.74) is 1.38. The van der Waals surface area contributed by atoms with Crippen molar-refractivity contribution in [1.82, 2.24) is 20.4 Å². The van der Waals surface area contributed by atoms with Gasteiger partial charge in [-0.1, -0.05) is 29.5 Å². The molecule has 1 aromatic carbocycles. The van der Waals surface area contributed by atoms with Crippen molar-refractivity contribution < 1.29 is 13.2 Å². The Hall–Kier alpha value is -3.21. The van der Waals surface area contributed by atoms with Crippen LogP contribution in [0, 0.1) is 11.3 Å². The van der Waals surface area contributed by atoms with E-state index in [9.17, 15) is 13.2 Å². The van der Waals surface area contributed by atoms with Crippen LogP contribution in [0.2, 0.25) is 0 Å². The first kappa shape index (κ1) is 14.7. The van der Waals surface area contributed by atoms with Crippen LogP contribution < -0.4 is 0 Å². The summed E-state index contributed by atoms with van der Waals surface area (Å²) in [6, 6.07) is 9.57. The molecule has 2 aromatic heterocycles. The minimum Gasteiger partial charge on any atom is -0.263 e. The summed E-state index contributed by atoms with van der Waals surface area (Å²) in [6.07, 6.45) is -2.29. The molecule has 8 heteroatoms. The van der Waals surface area contributed by atoms with Gasteiger partial charge in [-0.05, 0) is 11.6 Å². The summed E-state index contributed by atoms with van der Waals surface area (Å²) in [5.74, 6) is 0. The molecule has 0 saturated carbocycles. The molecule has 0 aliphatic heterocycles. The lowest BCUT2D eigenvalue weighted by Gasteiger charge is -2.08. The van der Waals surface area contributed by atoms with Crippen molar-refractivity contribution in [2.24, 2.45) is 0 Å². The van der Waals surface area contributed by atoms with Gasteiger partial charge < -0.3 is 0 Å². The van der Waals surface area contributed by atoms with Crippen molar-refractivity contribution >= 4 is 0 Å². The average Bonchev–Trinajstić information content (AvgIpc) is 3.03. The number of benzene rings is 1. The van der Waals surface area contributed by atoms with Crippen molar-refractivity contribution in [2.45, 2.75) is 6.18 Å². The van der Waals surface area contributed by atoms with Gasteiger partial charge >= 0.3 is 6.18 Å². The Bertz CT molecular complexity index is 875. The van der Waals surface area contributed by atoms with Crippen molar-refractivity contribution in [3.63, 3.8) is 0 Å². The van der Waals surface area contributed by atoms with Gasteiger partial charge in [0, 0.05) is 23.5 Å². The lowest BCUT2D eigenvalue weighted by Crippen LogP contribution is -2.05. The maximum atomic E-state index is 12.7. The zero-order valence-electron chi connectivity index (χ0n) is 11.5. The molecule has 0 radical (unpaired) electrons. The third-order valence-electron chi connectivity index (χ3n) is 3.22. The van der Waals surface area contributed by atoms with E-state index in [-0.39, 0.29) is 5.69 Å². The summed E-state index contributed by atoms with van der Waals surface area (Å²) >= 11 is 0. The van der Waals surface area contributed by atoms with Gasteiger partial charge in [-0.25, -0.2) is 5.10 Å². The van der Waals surface area contributed by atoms with E-state index >= 15 is 0 Å². The molecule has 23 heavy (non-hydrogen) atoms. The maximum Gasteiger partial charge on any atom is 0.417 e. The molecule has 114 valence electrons. The zero-order valence-corrected chi connectivity index (χ0v) is 11.5. The molecule has 0 saturated heterocycles. The normalized spacial score (nSPS) is 11.2. The van der Waals surface area contributed by atoms with Gasteiger partial charge in [0.2, 0.25) is 0 Å². The number of aromatic amines is 1. The molecule has 2 heterocycles. The van der Waals surface area contributed by atoms with Gasteiger partial charge in [-0.3, -0.25) is 4.98 Å². The van der Waals surface area contributed by atoms with Crippen molar-refractivity contribution in [1.29, 1.82) is 5.26 Å². The lowest BCUT2D eigenvalue weighted by molar-refractivity contribution is -0.137. The van der Waals surface area contributed by atoms with Crippen LogP contribution in [-0.4, -0.2) is 20.4 Å². The van der Waals surface area contributed by atoms with Gasteiger partial charge in [-0.15, -0.1) is 5.10 Å². The van der Waals surface area contributed by atoms with Gasteiger partial charge in [0.15, 0.2) is 5.69 Å². The first-order valence-electron chi connectivity index (χ1n) is 6.43. The van der Waals surface area contributed by atoms with Gasteiger partial charge in [0.05, 0.1) is 5.56 Å². The first-order valence-corrected chi connectivity index (χ1v) is 6.43. The summed E-state index contributed by atoms with van der Waals surface area (Å²) in [7, 11) is 0. The quantitative estimate of drug-likeness (QED) is 0.786. The van der Waals surface area contributed by atoms with E-state index in [0.29, 0.717) is 22.4 Å². The van der Waals surface area contributed by atoms with Gasteiger partial charge in [0.1, 0.15) is 11.8 Å². The molecule has 0 amide bonds. The summed E-state index contributed by atoms with van der Waals surface area (Å²) in [6.45, 7) is 0. The summed E-state index contributed by atoms with van der Waals surface area (Å²) in [4.78, 5) is 3.64. The second-order valence-electron chi connectivity index (χ2n) is 4.68. The Balaban J connectivity index is 1.96. The number of nitrogens with zero attached hydrogens (tertiary/aromatic N) is 4. The number of alkyl halides is 3. The third kappa shape index (κ3) is 2.89. The highest BCUT2D eigenvalue weighted by atomic mass is 19.4. The molecule has 3 aromatic rings. The van der Waals surface area contributed by atoms with Crippen LogP contribution in [0.4, 0.5) is 13.2 Å². The van der Waals surface area contributed by atoms with Gasteiger partial charge in [0.25, 0.3) is 0 Å². The molecule has 1 N–H and O–H groups in total. The Morgan fingerprint density at radius 1 is 1.00 bits per heavy atom. The number of nitrogens with one attached hydrogen (secondary N) is 1. The zero-order chi connectivity index (χ0) is 16.4. The average molecular weight is 315 g/mol. The van der Waals surface area contributed by atoms with E-state index in [4.69, 9.17) is 5.26 Å². The molecule has 0 bridgehead atoms. The minimum absolute atomic E-state index is 0.221. The van der Waals surface area contributed by atoms with E-state index in [1.165, 1.54) is 6.20 Å². The lowest BCUT2D eigenvalue weighted by atomic mass is 10.0. The molecule has 0 atom stereocenters. The number of nitriles is 1. The largest absolute Gasteiger partial charge is 0.417 e. The molecular weight excluding hydrogens is 307 g/mol. The summed E-state index contributed by atoms with van der Waals surface area (Å²) < 4.78 is 38.2. The van der Waals surface area contributed by atoms with Crippen LogP contribution in [0.25, 0.3) is 22.4 Å². The molecule has 3 rings (SSSR count). The van der Waals surface area contributed by atoms with Crippen LogP contribution in [0.1, 0.15) is 11.3 Å². The second-order valence-corrected chi connectivity index (χ2v) is 4.68. The van der Waals surface area contributed by atoms with Crippen LogP contribution in [0.15, 0.2) is 42.7 Å². The Morgan fingerprint density at radius 2 is 1.70 bits per heavy atom. The fraction of sp³-hybridized carbons (Fsp3) is 0.0667. The monoisotopic (exact) mass is 315 g/mol. The van der Waals surface area contributed by atoms with Crippen molar-refractivity contribution in [3.8, 4) is 28.5 Å². The maximum absolute atomic E-state index is 12.7. The number of halogens is 3. The molecule has 0 aliphatic rings. The third-order valence-corrected chi connectivity index (χ3v) is 3.22. The van der Waals surface area contributed by atoms with Crippen molar-refractivity contribution in [3.05, 3.63) is 54.0 Å². The number of pyridine rings is 1. The van der Waals surface area contributed by atoms with E-state index in [1.807, 2.05) is 6.07 Å². The molecule has 5 nitrogen and oxygen atoms in total. The number of H-pyrrole nitrogens is 1. The molecule has 0 spiro atoms. The Morgan fingerprint density at radius 3 is 2.35 bits per heavy atom. The number of hydrogen-bond donors (Lipinski definition) is 1. The highest BCUT2D eigenvalue weighted by Gasteiger charge is 2.31. The number of aromatic nitrogens is 4. The molecule has 0 fully saturated rings. The second kappa shape index (κ2) is 5.53. The Kier molecular flexibility index (Phi) is 3.54. The van der Waals surface area contributed by atoms with E-state index in [1.54, 1.807) is 24.3 Å². The van der Waals surface area contributed by atoms with Crippen molar-refractivity contribution in [2.75, 3.05) is 0 Å². The highest BCUT2D eigenvalue weighted by molar-refractivity contribution is 5.70. The van der Waals surface area contributed by atoms with Crippen LogP contribution in [-0.2, 0) is 6.18 Å². The fourth-order valence-electron chi connectivity index (χ4n) is 2.08. The smallest absolute Gasteiger partial charge is 0.263 e. The molecule has 0 unspecified atom stereocenters. The van der Waals surface area contributed by atoms with Gasteiger partial charge in [-0.2, -0.15) is 18.4 Å². The first-order chi connectivity index (χ1) is 11.0. The Labute approximate surface area is 128 Å². The van der Waals surface area contributed by atoms with Crippen LogP contribution >= 0.6 is 0 Å². The van der Waals surface area contributed by atoms with Crippen LogP contribution in [0.5, 0.6) is 0 Å². The summed E-state index contributed by atoms with van der Waals surface area (Å²) in [5, 5.41) is 18.8. The standard InChI is InChI=1S/C15H8F3N5/c16-15(17,18)12-5-11(7-20-8-12)9-1-3-10(4-2-9)14-13(6-19)21-23-22-14/h1-5,7-8H,(H,21,22,23). The van der Waals surface area contributed by atoms with E-state index in [0.717, 1.165) is 12.3 Å². The molecule has 0 aliphatic carbocycles. The van der Waals surface area contributed by atoms with Crippen LogP contribution in [0.3, 0.4) is 0 Å². The SMILES string of the molecule is N#Cc1[nH]nnc1-c1ccc(-c2cncc(C(F)(F)F)c2)cc1. The minimum atomic E-state index is -4.44. The predicted molar refractivity (Wildman–Crippen MR) is 74.8 cm³/mol. The fourth-order valence-corrected chi connectivity index (χ4v) is 2.08. The predicted octanol–water partition coefficient (Wildman–Crippen LogP) is 3.42.